The van der Waals surface area contributed by atoms with Crippen LogP contribution in [0.3, 0.4) is 0 Å². The number of fused-ring (bicyclic) bond motifs is 1. The van der Waals surface area contributed by atoms with Crippen LogP contribution in [0.2, 0.25) is 0 Å². The van der Waals surface area contributed by atoms with Crippen LogP contribution in [0.4, 0.5) is 5.69 Å². The number of rotatable bonds is 7. The molecule has 1 fully saturated rings. The minimum atomic E-state index is -0.389. The molecule has 0 aliphatic carbocycles. The van der Waals surface area contributed by atoms with Crippen molar-refractivity contribution in [3.63, 3.8) is 0 Å². The lowest BCUT2D eigenvalue weighted by Gasteiger charge is -2.17. The number of amides is 3. The van der Waals surface area contributed by atoms with Crippen molar-refractivity contribution in [3.8, 4) is 5.75 Å². The van der Waals surface area contributed by atoms with Gasteiger partial charge in [-0.25, -0.2) is 0 Å². The third-order valence-corrected chi connectivity index (χ3v) is 5.10. The van der Waals surface area contributed by atoms with Gasteiger partial charge in [-0.3, -0.25) is 19.3 Å². The fourth-order valence-corrected chi connectivity index (χ4v) is 3.61. The normalized spacial score (nSPS) is 17.7. The quantitative estimate of drug-likeness (QED) is 0.563. The first-order valence-electron chi connectivity index (χ1n) is 9.84. The Hall–Kier alpha value is -3.45. The van der Waals surface area contributed by atoms with Gasteiger partial charge >= 0.3 is 0 Å². The Morgan fingerprint density at radius 3 is 2.80 bits per heavy atom. The maximum Gasteiger partial charge on any atom is 0.261 e. The number of ether oxygens (including phenoxy) is 2. The van der Waals surface area contributed by atoms with Crippen molar-refractivity contribution in [1.29, 1.82) is 0 Å². The lowest BCUT2D eigenvalue weighted by molar-refractivity contribution is 0.0475. The van der Waals surface area contributed by atoms with Gasteiger partial charge in [-0.15, -0.1) is 0 Å². The summed E-state index contributed by atoms with van der Waals surface area (Å²) in [6.45, 7) is 4.86. The predicted molar refractivity (Wildman–Crippen MR) is 111 cm³/mol. The first kappa shape index (κ1) is 19.8. The molecule has 0 aromatic heterocycles. The second-order valence-corrected chi connectivity index (χ2v) is 7.20. The largest absolute Gasteiger partial charge is 0.489 e. The molecule has 1 saturated heterocycles. The molecule has 2 aromatic rings. The van der Waals surface area contributed by atoms with E-state index >= 15 is 0 Å². The highest BCUT2D eigenvalue weighted by molar-refractivity contribution is 6.22. The molecule has 154 valence electrons. The van der Waals surface area contributed by atoms with E-state index in [1.807, 2.05) is 0 Å². The summed E-state index contributed by atoms with van der Waals surface area (Å²) in [6, 6.07) is 11.5. The van der Waals surface area contributed by atoms with Crippen LogP contribution in [0.15, 0.2) is 55.1 Å². The van der Waals surface area contributed by atoms with E-state index in [0.717, 1.165) is 12.8 Å². The molecule has 0 spiro atoms. The molecule has 7 nitrogen and oxygen atoms in total. The van der Waals surface area contributed by atoms with Crippen molar-refractivity contribution in [1.82, 2.24) is 4.90 Å². The van der Waals surface area contributed by atoms with E-state index in [1.54, 1.807) is 36.4 Å². The average Bonchev–Trinajstić information content (AvgIpc) is 3.35. The maximum absolute atomic E-state index is 12.8. The van der Waals surface area contributed by atoms with Crippen LogP contribution in [0.1, 0.15) is 43.9 Å². The lowest BCUT2D eigenvalue weighted by Crippen LogP contribution is -2.36. The third kappa shape index (κ3) is 3.97. The van der Waals surface area contributed by atoms with Crippen molar-refractivity contribution >= 4 is 23.4 Å². The summed E-state index contributed by atoms with van der Waals surface area (Å²) in [5.74, 6) is -0.506. The van der Waals surface area contributed by atoms with Gasteiger partial charge in [-0.1, -0.05) is 18.7 Å². The van der Waals surface area contributed by atoms with Crippen molar-refractivity contribution in [2.45, 2.75) is 18.9 Å². The number of carbonyl (C=O) groups is 3. The van der Waals surface area contributed by atoms with Crippen LogP contribution in [-0.2, 0) is 4.74 Å². The predicted octanol–water partition coefficient (Wildman–Crippen LogP) is 3.28. The number of hydrogen-bond donors (Lipinski definition) is 1. The van der Waals surface area contributed by atoms with Crippen LogP contribution >= 0.6 is 0 Å². The summed E-state index contributed by atoms with van der Waals surface area (Å²) in [4.78, 5) is 39.3. The molecule has 0 saturated carbocycles. The van der Waals surface area contributed by atoms with E-state index in [1.165, 1.54) is 17.0 Å². The molecule has 2 aliphatic heterocycles. The summed E-state index contributed by atoms with van der Waals surface area (Å²) >= 11 is 0. The summed E-state index contributed by atoms with van der Waals surface area (Å²) < 4.78 is 11.0. The fraction of sp³-hybridized carbons (Fsp3) is 0.261. The molecule has 4 rings (SSSR count). The van der Waals surface area contributed by atoms with Crippen molar-refractivity contribution in [2.75, 3.05) is 25.1 Å². The highest BCUT2D eigenvalue weighted by Crippen LogP contribution is 2.26. The molecule has 0 bridgehead atoms. The van der Waals surface area contributed by atoms with E-state index in [4.69, 9.17) is 9.47 Å². The Morgan fingerprint density at radius 2 is 2.03 bits per heavy atom. The molecule has 1 atom stereocenters. The second-order valence-electron chi connectivity index (χ2n) is 7.20. The summed E-state index contributed by atoms with van der Waals surface area (Å²) in [5, 5.41) is 2.79. The van der Waals surface area contributed by atoms with E-state index in [0.29, 0.717) is 35.8 Å². The van der Waals surface area contributed by atoms with Crippen molar-refractivity contribution in [2.24, 2.45) is 0 Å². The Balaban J connectivity index is 1.49. The Labute approximate surface area is 174 Å². The van der Waals surface area contributed by atoms with Gasteiger partial charge < -0.3 is 14.8 Å². The number of benzene rings is 2. The van der Waals surface area contributed by atoms with Crippen LogP contribution < -0.4 is 10.1 Å². The van der Waals surface area contributed by atoms with E-state index < -0.39 is 0 Å². The van der Waals surface area contributed by atoms with Gasteiger partial charge in [0.1, 0.15) is 12.4 Å². The van der Waals surface area contributed by atoms with Crippen LogP contribution in [0.25, 0.3) is 0 Å². The van der Waals surface area contributed by atoms with Gasteiger partial charge in [-0.2, -0.15) is 0 Å². The van der Waals surface area contributed by atoms with Crippen molar-refractivity contribution in [3.05, 3.63) is 71.8 Å². The molecule has 30 heavy (non-hydrogen) atoms. The summed E-state index contributed by atoms with van der Waals surface area (Å²) in [7, 11) is 0. The maximum atomic E-state index is 12.8. The van der Waals surface area contributed by atoms with Gasteiger partial charge in [0.2, 0.25) is 0 Å². The van der Waals surface area contributed by atoms with Crippen molar-refractivity contribution < 1.29 is 23.9 Å². The summed E-state index contributed by atoms with van der Waals surface area (Å²) in [5.41, 5.74) is 1.42. The zero-order valence-electron chi connectivity index (χ0n) is 16.4. The van der Waals surface area contributed by atoms with E-state index in [2.05, 4.69) is 11.9 Å². The van der Waals surface area contributed by atoms with Gasteiger partial charge in [0.25, 0.3) is 17.7 Å². The number of imide groups is 1. The number of carbonyl (C=O) groups excluding carboxylic acids is 3. The number of hydrogen-bond acceptors (Lipinski definition) is 5. The molecule has 2 aromatic carbocycles. The monoisotopic (exact) mass is 406 g/mol. The number of anilines is 1. The highest BCUT2D eigenvalue weighted by atomic mass is 16.5. The van der Waals surface area contributed by atoms with Crippen LogP contribution in [0, 0.1) is 0 Å². The zero-order chi connectivity index (χ0) is 21.1. The first-order valence-corrected chi connectivity index (χ1v) is 9.84. The Bertz CT molecular complexity index is 1010. The van der Waals surface area contributed by atoms with Gasteiger partial charge in [-0.05, 0) is 43.2 Å². The zero-order valence-corrected chi connectivity index (χ0v) is 16.4. The number of nitrogens with zero attached hydrogens (tertiary/aromatic N) is 1. The molecule has 1 N–H and O–H groups in total. The Morgan fingerprint density at radius 1 is 1.20 bits per heavy atom. The van der Waals surface area contributed by atoms with Gasteiger partial charge in [0, 0.05) is 23.9 Å². The average molecular weight is 406 g/mol. The Kier molecular flexibility index (Phi) is 5.63. The smallest absolute Gasteiger partial charge is 0.261 e. The fourth-order valence-electron chi connectivity index (χ4n) is 3.61. The SMILES string of the molecule is C=CCOc1cccc(NC(=O)c2ccc3c(c2)C(=O)N(CC2CCCO2)C3=O)c1. The van der Waals surface area contributed by atoms with E-state index in [9.17, 15) is 14.4 Å². The molecular formula is C23H22N2O5. The lowest BCUT2D eigenvalue weighted by atomic mass is 10.1. The van der Waals surface area contributed by atoms with Crippen LogP contribution in [0.5, 0.6) is 5.75 Å². The van der Waals surface area contributed by atoms with E-state index in [-0.39, 0.29) is 35.9 Å². The summed E-state index contributed by atoms with van der Waals surface area (Å²) in [6.07, 6.45) is 3.27. The molecule has 2 heterocycles. The molecule has 0 radical (unpaired) electrons. The molecule has 3 amide bonds. The van der Waals surface area contributed by atoms with Gasteiger partial charge in [0.15, 0.2) is 0 Å². The second kappa shape index (κ2) is 8.51. The highest BCUT2D eigenvalue weighted by Gasteiger charge is 2.37. The topological polar surface area (TPSA) is 84.9 Å². The molecule has 1 unspecified atom stereocenters. The molecular weight excluding hydrogens is 384 g/mol. The molecule has 2 aliphatic rings. The first-order chi connectivity index (χ1) is 14.6. The minimum absolute atomic E-state index is 0.120. The number of nitrogens with one attached hydrogen (secondary N) is 1. The molecule has 7 heteroatoms. The van der Waals surface area contributed by atoms with Crippen LogP contribution in [-0.4, -0.2) is 48.5 Å². The third-order valence-electron chi connectivity index (χ3n) is 5.10. The standard InChI is InChI=1S/C23H22N2O5/c1-2-10-29-17-6-3-5-16(13-17)24-21(26)15-8-9-19-20(12-15)23(28)25(22(19)27)14-18-7-4-11-30-18/h2-3,5-6,8-9,12-13,18H,1,4,7,10-11,14H2,(H,24,26). The minimum Gasteiger partial charge on any atom is -0.489 e. The van der Waals surface area contributed by atoms with Gasteiger partial charge in [0.05, 0.1) is 23.8 Å².